The van der Waals surface area contributed by atoms with Crippen molar-refractivity contribution in [2.75, 3.05) is 6.54 Å². The number of hydrogen-bond acceptors (Lipinski definition) is 2. The largest absolute Gasteiger partial charge is 0.330 e. The van der Waals surface area contributed by atoms with Crippen molar-refractivity contribution in [3.63, 3.8) is 0 Å². The lowest BCUT2D eigenvalue weighted by Gasteiger charge is -2.30. The lowest BCUT2D eigenvalue weighted by molar-refractivity contribution is 0.0957. The van der Waals surface area contributed by atoms with Crippen molar-refractivity contribution in [2.24, 2.45) is 17.1 Å². The van der Waals surface area contributed by atoms with E-state index in [0.717, 1.165) is 12.8 Å². The standard InChI is InChI=1S/C16H24FNO/c1-16(2,3)13(10-11-18)6-9-15(19)12-4-7-14(17)8-5-12/h4-5,7-8,13H,6,9-11,18H2,1-3H3. The van der Waals surface area contributed by atoms with E-state index in [-0.39, 0.29) is 17.0 Å². The first-order valence-corrected chi connectivity index (χ1v) is 6.83. The van der Waals surface area contributed by atoms with Crippen LogP contribution in [0.1, 0.15) is 50.4 Å². The normalized spacial score (nSPS) is 13.3. The molecule has 0 amide bonds. The average Bonchev–Trinajstić information content (AvgIpc) is 2.33. The fourth-order valence-electron chi connectivity index (χ4n) is 2.30. The van der Waals surface area contributed by atoms with Gasteiger partial charge in [-0.2, -0.15) is 0 Å². The summed E-state index contributed by atoms with van der Waals surface area (Å²) in [6.45, 7) is 7.17. The van der Waals surface area contributed by atoms with Gasteiger partial charge in [0.1, 0.15) is 5.82 Å². The summed E-state index contributed by atoms with van der Waals surface area (Å²) in [6, 6.07) is 5.75. The highest BCUT2D eigenvalue weighted by Gasteiger charge is 2.24. The molecule has 1 rings (SSSR count). The van der Waals surface area contributed by atoms with Crippen molar-refractivity contribution in [3.05, 3.63) is 35.6 Å². The van der Waals surface area contributed by atoms with Gasteiger partial charge in [0, 0.05) is 12.0 Å². The Labute approximate surface area is 115 Å². The van der Waals surface area contributed by atoms with E-state index in [2.05, 4.69) is 20.8 Å². The maximum atomic E-state index is 12.8. The van der Waals surface area contributed by atoms with Crippen LogP contribution in [0.4, 0.5) is 4.39 Å². The van der Waals surface area contributed by atoms with Gasteiger partial charge in [0.25, 0.3) is 0 Å². The Hall–Kier alpha value is -1.22. The average molecular weight is 265 g/mol. The minimum atomic E-state index is -0.313. The SMILES string of the molecule is CC(C)(C)C(CCN)CCC(=O)c1ccc(F)cc1. The summed E-state index contributed by atoms with van der Waals surface area (Å²) in [5.74, 6) is 0.195. The second-order valence-electron chi connectivity index (χ2n) is 6.11. The molecule has 0 heterocycles. The molecule has 0 aromatic heterocycles. The molecule has 1 atom stereocenters. The first-order valence-electron chi connectivity index (χ1n) is 6.83. The predicted molar refractivity (Wildman–Crippen MR) is 76.6 cm³/mol. The van der Waals surface area contributed by atoms with Crippen LogP contribution in [0.3, 0.4) is 0 Å². The predicted octanol–water partition coefficient (Wildman–Crippen LogP) is 3.80. The molecule has 106 valence electrons. The van der Waals surface area contributed by atoms with Crippen molar-refractivity contribution in [3.8, 4) is 0 Å². The van der Waals surface area contributed by atoms with E-state index in [9.17, 15) is 9.18 Å². The fourth-order valence-corrected chi connectivity index (χ4v) is 2.30. The number of ketones is 1. The Kier molecular flexibility index (Phi) is 5.67. The number of carbonyl (C=O) groups is 1. The molecule has 1 aromatic rings. The summed E-state index contributed by atoms with van der Waals surface area (Å²) in [6.07, 6.45) is 2.25. The highest BCUT2D eigenvalue weighted by molar-refractivity contribution is 5.95. The first kappa shape index (κ1) is 15.8. The zero-order valence-electron chi connectivity index (χ0n) is 12.1. The molecule has 0 fully saturated rings. The molecule has 0 aliphatic heterocycles. The number of carbonyl (C=O) groups excluding carboxylic acids is 1. The van der Waals surface area contributed by atoms with Crippen molar-refractivity contribution in [1.82, 2.24) is 0 Å². The third-order valence-corrected chi connectivity index (χ3v) is 3.63. The minimum Gasteiger partial charge on any atom is -0.330 e. The zero-order chi connectivity index (χ0) is 14.5. The second-order valence-corrected chi connectivity index (χ2v) is 6.11. The molecular weight excluding hydrogens is 241 g/mol. The number of rotatable bonds is 6. The quantitative estimate of drug-likeness (QED) is 0.795. The summed E-state index contributed by atoms with van der Waals surface area (Å²) >= 11 is 0. The van der Waals surface area contributed by atoms with E-state index in [1.54, 1.807) is 12.1 Å². The highest BCUT2D eigenvalue weighted by atomic mass is 19.1. The van der Waals surface area contributed by atoms with Crippen molar-refractivity contribution in [2.45, 2.75) is 40.0 Å². The van der Waals surface area contributed by atoms with Crippen LogP contribution in [0.25, 0.3) is 0 Å². The van der Waals surface area contributed by atoms with E-state index >= 15 is 0 Å². The van der Waals surface area contributed by atoms with Crippen molar-refractivity contribution < 1.29 is 9.18 Å². The molecule has 0 spiro atoms. The first-order chi connectivity index (χ1) is 8.84. The molecule has 3 heteroatoms. The molecule has 0 aliphatic carbocycles. The van der Waals surface area contributed by atoms with Gasteiger partial charge in [0.2, 0.25) is 0 Å². The highest BCUT2D eigenvalue weighted by Crippen LogP contribution is 2.32. The van der Waals surface area contributed by atoms with Gasteiger partial charge in [-0.25, -0.2) is 4.39 Å². The van der Waals surface area contributed by atoms with Gasteiger partial charge in [0.15, 0.2) is 5.78 Å². The number of nitrogens with two attached hydrogens (primary N) is 1. The summed E-state index contributed by atoms with van der Waals surface area (Å²) in [5.41, 5.74) is 6.37. The molecular formula is C16H24FNO. The van der Waals surface area contributed by atoms with Crippen LogP contribution in [-0.2, 0) is 0 Å². The molecule has 1 aromatic carbocycles. The molecule has 0 saturated carbocycles. The van der Waals surface area contributed by atoms with Crippen molar-refractivity contribution in [1.29, 1.82) is 0 Å². The smallest absolute Gasteiger partial charge is 0.162 e. The van der Waals surface area contributed by atoms with Crippen LogP contribution in [0.2, 0.25) is 0 Å². The van der Waals surface area contributed by atoms with E-state index in [1.807, 2.05) is 0 Å². The Morgan fingerprint density at radius 2 is 1.79 bits per heavy atom. The van der Waals surface area contributed by atoms with Crippen LogP contribution in [-0.4, -0.2) is 12.3 Å². The lowest BCUT2D eigenvalue weighted by atomic mass is 9.76. The van der Waals surface area contributed by atoms with Crippen LogP contribution >= 0.6 is 0 Å². The van der Waals surface area contributed by atoms with E-state index < -0.39 is 0 Å². The van der Waals surface area contributed by atoms with Gasteiger partial charge in [0.05, 0.1) is 0 Å². The Bertz CT molecular complexity index is 406. The van der Waals surface area contributed by atoms with Gasteiger partial charge in [-0.3, -0.25) is 4.79 Å². The molecule has 2 N–H and O–H groups in total. The van der Waals surface area contributed by atoms with E-state index in [4.69, 9.17) is 5.73 Å². The number of halogens is 1. The van der Waals surface area contributed by atoms with Gasteiger partial charge < -0.3 is 5.73 Å². The van der Waals surface area contributed by atoms with Gasteiger partial charge in [-0.1, -0.05) is 20.8 Å². The Morgan fingerprint density at radius 1 is 1.21 bits per heavy atom. The summed E-state index contributed by atoms with van der Waals surface area (Å²) in [4.78, 5) is 12.0. The van der Waals surface area contributed by atoms with E-state index in [0.29, 0.717) is 24.4 Å². The molecule has 0 saturated heterocycles. The maximum absolute atomic E-state index is 12.8. The van der Waals surface area contributed by atoms with Crippen LogP contribution < -0.4 is 5.73 Å². The molecule has 19 heavy (non-hydrogen) atoms. The van der Waals surface area contributed by atoms with Crippen LogP contribution in [0.15, 0.2) is 24.3 Å². The lowest BCUT2D eigenvalue weighted by Crippen LogP contribution is -2.24. The second kappa shape index (κ2) is 6.80. The van der Waals surface area contributed by atoms with Gasteiger partial charge in [-0.15, -0.1) is 0 Å². The Morgan fingerprint density at radius 3 is 2.26 bits per heavy atom. The number of benzene rings is 1. The van der Waals surface area contributed by atoms with Crippen LogP contribution in [0, 0.1) is 17.2 Å². The third-order valence-electron chi connectivity index (χ3n) is 3.63. The summed E-state index contributed by atoms with van der Waals surface area (Å²) in [7, 11) is 0. The molecule has 1 unspecified atom stereocenters. The molecule has 0 radical (unpaired) electrons. The molecule has 0 bridgehead atoms. The third kappa shape index (κ3) is 5.11. The number of hydrogen-bond donors (Lipinski definition) is 1. The van der Waals surface area contributed by atoms with E-state index in [1.165, 1.54) is 12.1 Å². The van der Waals surface area contributed by atoms with Crippen LogP contribution in [0.5, 0.6) is 0 Å². The zero-order valence-corrected chi connectivity index (χ0v) is 12.1. The maximum Gasteiger partial charge on any atom is 0.162 e. The Balaban J connectivity index is 2.59. The molecule has 2 nitrogen and oxygen atoms in total. The fraction of sp³-hybridized carbons (Fsp3) is 0.562. The number of Topliss-reactive ketones (excluding diaryl/α,β-unsaturated/α-hetero) is 1. The van der Waals surface area contributed by atoms with Gasteiger partial charge >= 0.3 is 0 Å². The van der Waals surface area contributed by atoms with Gasteiger partial charge in [-0.05, 0) is 55.0 Å². The topological polar surface area (TPSA) is 43.1 Å². The summed E-state index contributed by atoms with van der Waals surface area (Å²) in [5, 5.41) is 0. The van der Waals surface area contributed by atoms with Crippen molar-refractivity contribution >= 4 is 5.78 Å². The summed E-state index contributed by atoms with van der Waals surface area (Å²) < 4.78 is 12.8. The molecule has 0 aliphatic rings. The monoisotopic (exact) mass is 265 g/mol. The minimum absolute atomic E-state index is 0.0753.